The van der Waals surface area contributed by atoms with E-state index >= 15 is 0 Å². The lowest BCUT2D eigenvalue weighted by Gasteiger charge is -2.26. The van der Waals surface area contributed by atoms with Gasteiger partial charge in [0.05, 0.1) is 0 Å². The monoisotopic (exact) mass is 324 g/mol. The maximum Gasteiger partial charge on any atom is 0.342 e. The molecule has 3 unspecified atom stereocenters. The molecular formula is C20H20O4. The van der Waals surface area contributed by atoms with Gasteiger partial charge in [0.2, 0.25) is 0 Å². The molecular weight excluding hydrogens is 304 g/mol. The van der Waals surface area contributed by atoms with Crippen molar-refractivity contribution >= 4 is 16.7 Å². The summed E-state index contributed by atoms with van der Waals surface area (Å²) in [5.74, 6) is -0.643. The highest BCUT2D eigenvalue weighted by Crippen LogP contribution is 2.38. The SMILES string of the molecule is O=C1OC2CC1(O)C=C(CCCc1ccc3ccccc3c1)C2O. The molecule has 0 aromatic heterocycles. The molecule has 1 heterocycles. The van der Waals surface area contributed by atoms with Crippen molar-refractivity contribution in [3.8, 4) is 0 Å². The number of carbonyl (C=O) groups excluding carboxylic acids is 1. The zero-order chi connectivity index (χ0) is 16.7. The lowest BCUT2D eigenvalue weighted by Crippen LogP contribution is -2.38. The van der Waals surface area contributed by atoms with Gasteiger partial charge in [-0.05, 0) is 47.2 Å². The molecule has 0 amide bonds. The maximum absolute atomic E-state index is 11.7. The molecule has 0 spiro atoms. The fourth-order valence-corrected chi connectivity index (χ4v) is 3.71. The first-order valence-corrected chi connectivity index (χ1v) is 8.36. The van der Waals surface area contributed by atoms with Crippen LogP contribution in [0.4, 0.5) is 0 Å². The van der Waals surface area contributed by atoms with Gasteiger partial charge in [0, 0.05) is 6.42 Å². The molecule has 2 aromatic rings. The van der Waals surface area contributed by atoms with E-state index < -0.39 is 23.8 Å². The second-order valence-corrected chi connectivity index (χ2v) is 6.77. The molecule has 1 aliphatic heterocycles. The number of fused-ring (bicyclic) bond motifs is 3. The van der Waals surface area contributed by atoms with Crippen LogP contribution in [-0.2, 0) is 16.0 Å². The van der Waals surface area contributed by atoms with Crippen LogP contribution < -0.4 is 0 Å². The maximum atomic E-state index is 11.7. The Morgan fingerprint density at radius 1 is 1.12 bits per heavy atom. The number of aliphatic hydroxyl groups excluding tert-OH is 1. The molecule has 124 valence electrons. The van der Waals surface area contributed by atoms with Gasteiger partial charge < -0.3 is 14.9 Å². The zero-order valence-corrected chi connectivity index (χ0v) is 13.3. The van der Waals surface area contributed by atoms with E-state index in [9.17, 15) is 15.0 Å². The highest BCUT2D eigenvalue weighted by Gasteiger charge is 2.52. The third-order valence-corrected chi connectivity index (χ3v) is 5.03. The van der Waals surface area contributed by atoms with Crippen LogP contribution in [0.3, 0.4) is 0 Å². The van der Waals surface area contributed by atoms with Crippen molar-refractivity contribution < 1.29 is 19.7 Å². The molecule has 4 nitrogen and oxygen atoms in total. The first kappa shape index (κ1) is 15.4. The van der Waals surface area contributed by atoms with Crippen molar-refractivity contribution in [3.63, 3.8) is 0 Å². The average molecular weight is 324 g/mol. The first-order chi connectivity index (χ1) is 11.5. The topological polar surface area (TPSA) is 66.8 Å². The van der Waals surface area contributed by atoms with Gasteiger partial charge in [0.25, 0.3) is 0 Å². The molecule has 2 N–H and O–H groups in total. The smallest absolute Gasteiger partial charge is 0.342 e. The highest BCUT2D eigenvalue weighted by atomic mass is 16.6. The third kappa shape index (κ3) is 2.62. The van der Waals surface area contributed by atoms with Gasteiger partial charge in [0.1, 0.15) is 12.2 Å². The first-order valence-electron chi connectivity index (χ1n) is 8.36. The van der Waals surface area contributed by atoms with E-state index in [1.807, 2.05) is 12.1 Å². The van der Waals surface area contributed by atoms with E-state index in [-0.39, 0.29) is 6.42 Å². The molecule has 1 fully saturated rings. The van der Waals surface area contributed by atoms with Gasteiger partial charge in [-0.1, -0.05) is 42.5 Å². The molecule has 3 atom stereocenters. The summed E-state index contributed by atoms with van der Waals surface area (Å²) < 4.78 is 5.05. The molecule has 2 bridgehead atoms. The molecule has 0 saturated carbocycles. The van der Waals surface area contributed by atoms with Gasteiger partial charge in [-0.3, -0.25) is 0 Å². The molecule has 4 heteroatoms. The number of rotatable bonds is 4. The van der Waals surface area contributed by atoms with Crippen molar-refractivity contribution in [1.29, 1.82) is 0 Å². The van der Waals surface area contributed by atoms with Crippen LogP contribution in [0.2, 0.25) is 0 Å². The van der Waals surface area contributed by atoms with Crippen LogP contribution in [0.15, 0.2) is 54.1 Å². The van der Waals surface area contributed by atoms with Crippen molar-refractivity contribution in [2.24, 2.45) is 0 Å². The van der Waals surface area contributed by atoms with Crippen LogP contribution in [0.25, 0.3) is 10.8 Å². The zero-order valence-electron chi connectivity index (χ0n) is 13.3. The molecule has 1 aliphatic carbocycles. The highest BCUT2D eigenvalue weighted by molar-refractivity contribution is 5.85. The van der Waals surface area contributed by atoms with E-state index in [1.54, 1.807) is 0 Å². The number of hydrogen-bond acceptors (Lipinski definition) is 4. The minimum Gasteiger partial charge on any atom is -0.457 e. The quantitative estimate of drug-likeness (QED) is 0.670. The Morgan fingerprint density at radius 2 is 1.92 bits per heavy atom. The van der Waals surface area contributed by atoms with Gasteiger partial charge in [-0.25, -0.2) is 4.79 Å². The number of ether oxygens (including phenoxy) is 1. The fraction of sp³-hybridized carbons (Fsp3) is 0.350. The summed E-state index contributed by atoms with van der Waals surface area (Å²) in [7, 11) is 0. The summed E-state index contributed by atoms with van der Waals surface area (Å²) in [6.07, 6.45) is 2.62. The number of benzene rings is 2. The number of esters is 1. The van der Waals surface area contributed by atoms with Gasteiger partial charge in [-0.2, -0.15) is 0 Å². The summed E-state index contributed by atoms with van der Waals surface area (Å²) in [6, 6.07) is 14.7. The standard InChI is InChI=1S/C20H20O4/c21-18-16(11-20(23)12-17(18)24-19(20)22)7-3-4-13-8-9-14-5-1-2-6-15(14)10-13/h1-2,5-6,8-11,17-18,21,23H,3-4,7,12H2. The largest absolute Gasteiger partial charge is 0.457 e. The van der Waals surface area contributed by atoms with Crippen LogP contribution in [0.5, 0.6) is 0 Å². The van der Waals surface area contributed by atoms with Crippen LogP contribution in [0.1, 0.15) is 24.8 Å². The third-order valence-electron chi connectivity index (χ3n) is 5.03. The number of carbonyl (C=O) groups is 1. The van der Waals surface area contributed by atoms with E-state index in [0.29, 0.717) is 12.0 Å². The summed E-state index contributed by atoms with van der Waals surface area (Å²) in [6.45, 7) is 0. The summed E-state index contributed by atoms with van der Waals surface area (Å²) in [4.78, 5) is 11.7. The van der Waals surface area contributed by atoms with Gasteiger partial charge in [-0.15, -0.1) is 0 Å². The Hall–Kier alpha value is -2.17. The number of aliphatic hydroxyl groups is 2. The number of aryl methyl sites for hydroxylation is 1. The summed E-state index contributed by atoms with van der Waals surface area (Å²) in [5, 5.41) is 23.0. The van der Waals surface area contributed by atoms with Crippen molar-refractivity contribution in [2.45, 2.75) is 43.5 Å². The Kier molecular flexibility index (Phi) is 3.66. The summed E-state index contributed by atoms with van der Waals surface area (Å²) >= 11 is 0. The van der Waals surface area contributed by atoms with E-state index in [4.69, 9.17) is 4.74 Å². The second kappa shape index (κ2) is 5.72. The Bertz CT molecular complexity index is 825. The van der Waals surface area contributed by atoms with Crippen molar-refractivity contribution in [1.82, 2.24) is 0 Å². The molecule has 0 radical (unpaired) electrons. The van der Waals surface area contributed by atoms with Crippen molar-refractivity contribution in [3.05, 3.63) is 59.7 Å². The molecule has 2 aliphatic rings. The van der Waals surface area contributed by atoms with E-state index in [0.717, 1.165) is 12.8 Å². The van der Waals surface area contributed by atoms with E-state index in [2.05, 4.69) is 30.3 Å². The number of hydrogen-bond donors (Lipinski definition) is 2. The second-order valence-electron chi connectivity index (χ2n) is 6.77. The van der Waals surface area contributed by atoms with E-state index in [1.165, 1.54) is 22.4 Å². The molecule has 4 rings (SSSR count). The minimum absolute atomic E-state index is 0.154. The molecule has 1 saturated heterocycles. The molecule has 2 aromatic carbocycles. The normalized spacial score (nSPS) is 28.8. The fourth-order valence-electron chi connectivity index (χ4n) is 3.71. The Balaban J connectivity index is 1.44. The van der Waals surface area contributed by atoms with Gasteiger partial charge >= 0.3 is 5.97 Å². The Labute approximate surface area is 140 Å². The predicted octanol–water partition coefficient (Wildman–Crippen LogP) is 2.51. The average Bonchev–Trinajstić information content (AvgIpc) is 2.84. The minimum atomic E-state index is -1.54. The molecule has 24 heavy (non-hydrogen) atoms. The predicted molar refractivity (Wildman–Crippen MR) is 90.4 cm³/mol. The lowest BCUT2D eigenvalue weighted by molar-refractivity contribution is -0.152. The van der Waals surface area contributed by atoms with Crippen LogP contribution in [-0.4, -0.2) is 34.0 Å². The Morgan fingerprint density at radius 3 is 2.75 bits per heavy atom. The van der Waals surface area contributed by atoms with Crippen LogP contribution >= 0.6 is 0 Å². The van der Waals surface area contributed by atoms with Gasteiger partial charge in [0.15, 0.2) is 5.60 Å². The summed E-state index contributed by atoms with van der Waals surface area (Å²) in [5.41, 5.74) is 0.413. The lowest BCUT2D eigenvalue weighted by atomic mass is 9.83. The van der Waals surface area contributed by atoms with Crippen molar-refractivity contribution in [2.75, 3.05) is 0 Å². The van der Waals surface area contributed by atoms with Crippen LogP contribution in [0, 0.1) is 0 Å².